The van der Waals surface area contributed by atoms with Crippen molar-refractivity contribution in [2.45, 2.75) is 192 Å². The van der Waals surface area contributed by atoms with Gasteiger partial charge in [0.15, 0.2) is 24.7 Å². The van der Waals surface area contributed by atoms with Crippen LogP contribution in [-0.4, -0.2) is 98.9 Å². The van der Waals surface area contributed by atoms with Crippen LogP contribution in [0.2, 0.25) is 0 Å². The van der Waals surface area contributed by atoms with Gasteiger partial charge < -0.3 is 51.5 Å². The van der Waals surface area contributed by atoms with Gasteiger partial charge in [-0.15, -0.1) is 0 Å². The van der Waals surface area contributed by atoms with Gasteiger partial charge in [-0.25, -0.2) is 0 Å². The Kier molecular flexibility index (Phi) is 36.1. The molecule has 0 aromatic heterocycles. The first-order valence-electron chi connectivity index (χ1n) is 22.0. The Labute approximate surface area is 406 Å². The first kappa shape index (κ1) is 65.3. The Morgan fingerprint density at radius 1 is 0.645 bits per heavy atom. The van der Waals surface area contributed by atoms with E-state index in [1.54, 1.807) is 6.92 Å². The molecule has 0 radical (unpaired) electrons. The van der Waals surface area contributed by atoms with Crippen LogP contribution < -0.4 is 17.0 Å². The van der Waals surface area contributed by atoms with Gasteiger partial charge in [0.05, 0.1) is 39.6 Å². The van der Waals surface area contributed by atoms with Crippen LogP contribution in [0.3, 0.4) is 0 Å². The molecule has 0 amide bonds. The summed E-state index contributed by atoms with van der Waals surface area (Å²) in [6, 6.07) is 0. The molecular weight excluding hydrogens is 861 g/mol. The topological polar surface area (TPSA) is 107 Å². The number of carbonyl (C=O) groups is 3. The molecule has 0 bridgehead atoms. The van der Waals surface area contributed by atoms with Gasteiger partial charge in [0.1, 0.15) is 11.6 Å². The average Bonchev–Trinajstić information content (AvgIpc) is 3.21. The molecule has 356 valence electrons. The summed E-state index contributed by atoms with van der Waals surface area (Å²) in [5, 5.41) is 0. The summed E-state index contributed by atoms with van der Waals surface area (Å²) in [5.74, 6) is 1.71. The van der Waals surface area contributed by atoms with E-state index in [1.165, 1.54) is 5.57 Å². The molecule has 0 unspecified atom stereocenters. The van der Waals surface area contributed by atoms with Gasteiger partial charge in [0.2, 0.25) is 0 Å². The molecular formula is C51H89BrMgO9. The SMILES string of the molecule is C.C.C.C=C(C)[C@@]1(CCC2OCCCO2)CC[C@@H](C)C(=O)C1.C=C(C)[C@@]1(CCC2OCCCO2)CC[C@@H](C)C(=O)C1.C=[C-]C.C[C@@H]1CCC(CCC2OCCCO2)=CC1=O.[Br-].[Mg+2]. The summed E-state index contributed by atoms with van der Waals surface area (Å²) in [6.07, 6.45) is 20.0. The summed E-state index contributed by atoms with van der Waals surface area (Å²) < 4.78 is 33.4. The second kappa shape index (κ2) is 34.3. The van der Waals surface area contributed by atoms with Crippen molar-refractivity contribution in [2.75, 3.05) is 39.6 Å². The van der Waals surface area contributed by atoms with Crippen molar-refractivity contribution in [3.8, 4) is 0 Å². The van der Waals surface area contributed by atoms with E-state index in [0.29, 0.717) is 24.4 Å². The summed E-state index contributed by atoms with van der Waals surface area (Å²) in [4.78, 5) is 35.6. The van der Waals surface area contributed by atoms with Crippen molar-refractivity contribution in [2.24, 2.45) is 28.6 Å². The third-order valence-electron chi connectivity index (χ3n) is 12.9. The van der Waals surface area contributed by atoms with E-state index in [2.05, 4.69) is 39.7 Å². The third kappa shape index (κ3) is 22.0. The molecule has 62 heavy (non-hydrogen) atoms. The van der Waals surface area contributed by atoms with Crippen LogP contribution in [0.4, 0.5) is 0 Å². The second-order valence-corrected chi connectivity index (χ2v) is 17.5. The fourth-order valence-electron chi connectivity index (χ4n) is 8.44. The molecule has 3 aliphatic heterocycles. The number of ketones is 3. The number of carbonyl (C=O) groups excluding carboxylic acids is 3. The van der Waals surface area contributed by atoms with E-state index in [9.17, 15) is 14.4 Å². The maximum absolute atomic E-state index is 12.1. The smallest absolute Gasteiger partial charge is 1.00 e. The minimum absolute atomic E-state index is 0. The van der Waals surface area contributed by atoms with Crippen molar-refractivity contribution >= 4 is 40.4 Å². The predicted octanol–water partition coefficient (Wildman–Crippen LogP) is 8.94. The molecule has 0 aromatic carbocycles. The molecule has 3 heterocycles. The summed E-state index contributed by atoms with van der Waals surface area (Å²) in [6.45, 7) is 28.3. The van der Waals surface area contributed by atoms with Crippen LogP contribution in [0.1, 0.15) is 173 Å². The Morgan fingerprint density at radius 2 is 0.984 bits per heavy atom. The van der Waals surface area contributed by atoms with E-state index >= 15 is 0 Å². The van der Waals surface area contributed by atoms with Crippen LogP contribution in [0, 0.1) is 34.7 Å². The quantitative estimate of drug-likeness (QED) is 0.114. The van der Waals surface area contributed by atoms with Crippen molar-refractivity contribution in [1.29, 1.82) is 0 Å². The number of hydrogen-bond acceptors (Lipinski definition) is 9. The normalized spacial score (nSPS) is 27.9. The maximum Gasteiger partial charge on any atom is 2.00 e. The number of hydrogen-bond donors (Lipinski definition) is 0. The van der Waals surface area contributed by atoms with Gasteiger partial charge in [0.25, 0.3) is 0 Å². The van der Waals surface area contributed by atoms with Gasteiger partial charge in [-0.2, -0.15) is 6.92 Å². The first-order chi connectivity index (χ1) is 27.2. The average molecular weight is 950 g/mol. The predicted molar refractivity (Wildman–Crippen MR) is 251 cm³/mol. The Morgan fingerprint density at radius 3 is 1.29 bits per heavy atom. The largest absolute Gasteiger partial charge is 2.00 e. The molecule has 3 aliphatic carbocycles. The molecule has 3 saturated heterocycles. The number of rotatable bonds is 11. The van der Waals surface area contributed by atoms with E-state index in [0.717, 1.165) is 147 Å². The third-order valence-corrected chi connectivity index (χ3v) is 12.9. The van der Waals surface area contributed by atoms with E-state index in [4.69, 9.17) is 28.4 Å². The minimum Gasteiger partial charge on any atom is -1.00 e. The van der Waals surface area contributed by atoms with Crippen molar-refractivity contribution in [3.05, 3.63) is 48.6 Å². The van der Waals surface area contributed by atoms with Gasteiger partial charge in [-0.05, 0) is 121 Å². The van der Waals surface area contributed by atoms with E-state index < -0.39 is 0 Å². The number of halogens is 1. The van der Waals surface area contributed by atoms with Gasteiger partial charge in [-0.3, -0.25) is 21.0 Å². The van der Waals surface area contributed by atoms with Gasteiger partial charge in [0, 0.05) is 37.0 Å². The van der Waals surface area contributed by atoms with Crippen LogP contribution in [-0.2, 0) is 42.8 Å². The van der Waals surface area contributed by atoms with Crippen molar-refractivity contribution < 1.29 is 59.8 Å². The fraction of sp³-hybridized carbons (Fsp3) is 0.784. The molecule has 11 heteroatoms. The minimum atomic E-state index is -0.0839. The molecule has 0 spiro atoms. The van der Waals surface area contributed by atoms with Crippen LogP contribution >= 0.6 is 0 Å². The van der Waals surface area contributed by atoms with E-state index in [-0.39, 0.29) is 116 Å². The van der Waals surface area contributed by atoms with Gasteiger partial charge >= 0.3 is 23.1 Å². The van der Waals surface area contributed by atoms with E-state index in [1.807, 2.05) is 26.8 Å². The number of allylic oxidation sites excluding steroid dienone is 5. The van der Waals surface area contributed by atoms with Crippen LogP contribution in [0.15, 0.2) is 42.5 Å². The maximum atomic E-state index is 12.1. The zero-order chi connectivity index (χ0) is 41.8. The molecule has 6 rings (SSSR count). The molecule has 0 N–H and O–H groups in total. The molecule has 0 aromatic rings. The Hall–Kier alpha value is -1.02. The zero-order valence-corrected chi connectivity index (χ0v) is 40.7. The molecule has 9 nitrogen and oxygen atoms in total. The standard InChI is InChI=1S/2C16H26O3.C13H20O3.C3H5.3CH4.BrH.Mg/c2*1-12(2)16(7-5-13(3)14(17)11-16)8-6-15-18-9-4-10-19-15;1-10-3-4-11(9-12(10)14)5-6-13-15-7-2-8-16-13;1-3-2;;;;;/h2*13,15H,1,4-11H2,2-3H3;9-10,13H,2-8H2,1H3;1H2,2H3;3*1H4;1H;/q;;;-1;;;;;+2/p-1/t2*13-,16-;10-;;;;;;/m111....../s1. The second-order valence-electron chi connectivity index (χ2n) is 17.5. The van der Waals surface area contributed by atoms with Gasteiger partial charge in [-0.1, -0.05) is 72.9 Å². The zero-order valence-electron chi connectivity index (χ0n) is 37.7. The Bertz CT molecular complexity index is 1270. The number of Topliss-reactive ketones (excluding diaryl/α,β-unsaturated/α-hetero) is 2. The van der Waals surface area contributed by atoms with Crippen LogP contribution in [0.5, 0.6) is 0 Å². The van der Waals surface area contributed by atoms with Crippen molar-refractivity contribution in [1.82, 2.24) is 0 Å². The molecule has 5 atom stereocenters. The fourth-order valence-corrected chi connectivity index (χ4v) is 8.44. The molecule has 6 aliphatic rings. The first-order valence-corrected chi connectivity index (χ1v) is 22.0. The molecule has 2 saturated carbocycles. The number of ether oxygens (including phenoxy) is 6. The van der Waals surface area contributed by atoms with Crippen molar-refractivity contribution in [3.63, 3.8) is 0 Å². The summed E-state index contributed by atoms with van der Waals surface area (Å²) in [7, 11) is 0. The molecule has 5 fully saturated rings. The summed E-state index contributed by atoms with van der Waals surface area (Å²) in [5.41, 5.74) is 3.51. The summed E-state index contributed by atoms with van der Waals surface area (Å²) >= 11 is 0. The Balaban J connectivity index is -0.000000787. The monoisotopic (exact) mass is 949 g/mol. The van der Waals surface area contributed by atoms with Crippen LogP contribution in [0.25, 0.3) is 0 Å².